The van der Waals surface area contributed by atoms with E-state index in [1.807, 2.05) is 0 Å². The first-order valence-corrected chi connectivity index (χ1v) is 15.9. The molecule has 2 atom stereocenters. The van der Waals surface area contributed by atoms with Gasteiger partial charge in [0.15, 0.2) is 0 Å². The molecule has 2 unspecified atom stereocenters. The number of Topliss-reactive ketones (excluding diaryl/α,β-unsaturated/α-hetero) is 1. The van der Waals surface area contributed by atoms with Gasteiger partial charge >= 0.3 is 11.9 Å². The monoisotopic (exact) mass is 522 g/mol. The smallest absolute Gasteiger partial charge is 0.305 e. The van der Waals surface area contributed by atoms with Crippen LogP contribution in [-0.2, 0) is 23.9 Å². The average molecular weight is 523 g/mol. The first kappa shape index (κ1) is 33.6. The summed E-state index contributed by atoms with van der Waals surface area (Å²) in [5.41, 5.74) is 0. The summed E-state index contributed by atoms with van der Waals surface area (Å²) in [7, 11) is 0. The lowest BCUT2D eigenvalue weighted by atomic mass is 9.76. The Balaban J connectivity index is 2.07. The van der Waals surface area contributed by atoms with Crippen molar-refractivity contribution in [2.75, 3.05) is 13.2 Å². The van der Waals surface area contributed by atoms with Crippen molar-refractivity contribution >= 4 is 17.7 Å². The highest BCUT2D eigenvalue weighted by atomic mass is 16.5. The van der Waals surface area contributed by atoms with Crippen LogP contribution in [0.1, 0.15) is 162 Å². The van der Waals surface area contributed by atoms with Crippen LogP contribution in [-0.4, -0.2) is 30.9 Å². The van der Waals surface area contributed by atoms with Gasteiger partial charge in [-0.25, -0.2) is 0 Å². The summed E-state index contributed by atoms with van der Waals surface area (Å²) in [6.45, 7) is 5.45. The highest BCUT2D eigenvalue weighted by Gasteiger charge is 2.31. The van der Waals surface area contributed by atoms with Crippen molar-refractivity contribution in [1.82, 2.24) is 0 Å². The lowest BCUT2D eigenvalue weighted by Gasteiger charge is -2.27. The van der Waals surface area contributed by atoms with Crippen LogP contribution in [0.5, 0.6) is 0 Å². The second kappa shape index (κ2) is 23.7. The topological polar surface area (TPSA) is 69.7 Å². The summed E-state index contributed by atoms with van der Waals surface area (Å²) in [4.78, 5) is 37.2. The number of rotatable bonds is 24. The lowest BCUT2D eigenvalue weighted by molar-refractivity contribution is -0.144. The van der Waals surface area contributed by atoms with Crippen molar-refractivity contribution in [3.05, 3.63) is 0 Å². The molecule has 0 aromatic rings. The second-order valence-electron chi connectivity index (χ2n) is 11.2. The summed E-state index contributed by atoms with van der Waals surface area (Å²) in [6, 6.07) is 0. The largest absolute Gasteiger partial charge is 0.466 e. The molecule has 0 spiro atoms. The SMILES string of the molecule is CCCCCCCCCCOC(=O)CCC1CCCC(CCC(=O)OCCCCCCCCCC)C1=O. The number of esters is 2. The number of carbonyl (C=O) groups is 3. The van der Waals surface area contributed by atoms with Gasteiger partial charge in [0.25, 0.3) is 0 Å². The molecule has 0 aromatic carbocycles. The van der Waals surface area contributed by atoms with E-state index < -0.39 is 0 Å². The average Bonchev–Trinajstić information content (AvgIpc) is 2.90. The van der Waals surface area contributed by atoms with E-state index in [1.165, 1.54) is 77.0 Å². The molecular formula is C32H58O5. The summed E-state index contributed by atoms with van der Waals surface area (Å²) < 4.78 is 10.8. The van der Waals surface area contributed by atoms with Gasteiger partial charge in [-0.2, -0.15) is 0 Å². The summed E-state index contributed by atoms with van der Waals surface area (Å²) >= 11 is 0. The highest BCUT2D eigenvalue weighted by Crippen LogP contribution is 2.31. The third-order valence-electron chi connectivity index (χ3n) is 7.83. The number of unbranched alkanes of at least 4 members (excludes halogenated alkanes) is 14. The minimum absolute atomic E-state index is 0.0669. The van der Waals surface area contributed by atoms with Crippen LogP contribution in [0.3, 0.4) is 0 Å². The highest BCUT2D eigenvalue weighted by molar-refractivity contribution is 5.85. The molecule has 1 rings (SSSR count). The molecule has 37 heavy (non-hydrogen) atoms. The van der Waals surface area contributed by atoms with Crippen LogP contribution in [0.15, 0.2) is 0 Å². The Morgan fingerprint density at radius 1 is 0.595 bits per heavy atom. The van der Waals surface area contributed by atoms with Gasteiger partial charge in [0, 0.05) is 24.7 Å². The zero-order valence-electron chi connectivity index (χ0n) is 24.4. The summed E-state index contributed by atoms with van der Waals surface area (Å²) in [5.74, 6) is -0.256. The van der Waals surface area contributed by atoms with E-state index in [1.54, 1.807) is 0 Å². The lowest BCUT2D eigenvalue weighted by Crippen LogP contribution is -2.29. The molecular weight excluding hydrogens is 464 g/mol. The van der Waals surface area contributed by atoms with Crippen LogP contribution in [0.4, 0.5) is 0 Å². The van der Waals surface area contributed by atoms with Gasteiger partial charge < -0.3 is 9.47 Å². The predicted octanol–water partition coefficient (Wildman–Crippen LogP) is 8.90. The third-order valence-corrected chi connectivity index (χ3v) is 7.83. The number of hydrogen-bond donors (Lipinski definition) is 0. The fraction of sp³-hybridized carbons (Fsp3) is 0.906. The van der Waals surface area contributed by atoms with Crippen molar-refractivity contribution in [3.63, 3.8) is 0 Å². The molecule has 0 N–H and O–H groups in total. The first-order chi connectivity index (χ1) is 18.1. The van der Waals surface area contributed by atoms with Gasteiger partial charge in [0.05, 0.1) is 13.2 Å². The van der Waals surface area contributed by atoms with Crippen LogP contribution in [0.25, 0.3) is 0 Å². The van der Waals surface area contributed by atoms with E-state index in [0.717, 1.165) is 44.9 Å². The molecule has 0 aromatic heterocycles. The van der Waals surface area contributed by atoms with E-state index >= 15 is 0 Å². The van der Waals surface area contributed by atoms with Gasteiger partial charge in [-0.1, -0.05) is 110 Å². The maximum atomic E-state index is 12.9. The Hall–Kier alpha value is -1.39. The molecule has 0 heterocycles. The first-order valence-electron chi connectivity index (χ1n) is 15.9. The fourth-order valence-corrected chi connectivity index (χ4v) is 5.37. The zero-order chi connectivity index (χ0) is 27.0. The molecule has 5 heteroatoms. The van der Waals surface area contributed by atoms with Gasteiger partial charge in [0.2, 0.25) is 0 Å². The van der Waals surface area contributed by atoms with Crippen LogP contribution < -0.4 is 0 Å². The summed E-state index contributed by atoms with van der Waals surface area (Å²) in [6.07, 6.45) is 24.0. The van der Waals surface area contributed by atoms with Crippen molar-refractivity contribution in [1.29, 1.82) is 0 Å². The number of hydrogen-bond acceptors (Lipinski definition) is 5. The molecule has 216 valence electrons. The number of carbonyl (C=O) groups excluding carboxylic acids is 3. The van der Waals surface area contributed by atoms with Crippen molar-refractivity contribution in [2.45, 2.75) is 162 Å². The Bertz CT molecular complexity index is 540. The molecule has 0 bridgehead atoms. The molecule has 1 aliphatic rings. The van der Waals surface area contributed by atoms with Gasteiger partial charge in [-0.05, 0) is 38.5 Å². The molecule has 1 fully saturated rings. The van der Waals surface area contributed by atoms with E-state index in [2.05, 4.69) is 13.8 Å². The molecule has 0 amide bonds. The standard InChI is InChI=1S/C32H58O5/c1-3-5-7-9-11-13-15-17-26-36-30(33)24-22-28-20-19-21-29(32(28)35)23-25-31(34)37-27-18-16-14-12-10-8-6-4-2/h28-29H,3-27H2,1-2H3. The van der Waals surface area contributed by atoms with E-state index in [9.17, 15) is 14.4 Å². The Kier molecular flexibility index (Phi) is 21.6. The van der Waals surface area contributed by atoms with Crippen LogP contribution in [0.2, 0.25) is 0 Å². The van der Waals surface area contributed by atoms with Gasteiger partial charge in [-0.3, -0.25) is 14.4 Å². The number of ether oxygens (including phenoxy) is 2. The quantitative estimate of drug-likeness (QED) is 0.0935. The van der Waals surface area contributed by atoms with Gasteiger partial charge in [-0.15, -0.1) is 0 Å². The predicted molar refractivity (Wildman–Crippen MR) is 151 cm³/mol. The van der Waals surface area contributed by atoms with Crippen molar-refractivity contribution in [3.8, 4) is 0 Å². The minimum Gasteiger partial charge on any atom is -0.466 e. The number of ketones is 1. The second-order valence-corrected chi connectivity index (χ2v) is 11.2. The fourth-order valence-electron chi connectivity index (χ4n) is 5.37. The molecule has 1 aliphatic carbocycles. The molecule has 0 radical (unpaired) electrons. The third kappa shape index (κ3) is 18.5. The van der Waals surface area contributed by atoms with Crippen molar-refractivity contribution in [2.24, 2.45) is 11.8 Å². The van der Waals surface area contributed by atoms with E-state index in [-0.39, 0.29) is 29.6 Å². The normalized spacial score (nSPS) is 17.6. The Labute approximate surface area is 228 Å². The van der Waals surface area contributed by atoms with Gasteiger partial charge in [0.1, 0.15) is 5.78 Å². The molecule has 5 nitrogen and oxygen atoms in total. The maximum absolute atomic E-state index is 12.9. The minimum atomic E-state index is -0.178. The zero-order valence-corrected chi connectivity index (χ0v) is 24.4. The Morgan fingerprint density at radius 2 is 0.946 bits per heavy atom. The maximum Gasteiger partial charge on any atom is 0.305 e. The van der Waals surface area contributed by atoms with E-state index in [4.69, 9.17) is 9.47 Å². The van der Waals surface area contributed by atoms with E-state index in [0.29, 0.717) is 38.9 Å². The van der Waals surface area contributed by atoms with Crippen LogP contribution >= 0.6 is 0 Å². The molecule has 0 aliphatic heterocycles. The van der Waals surface area contributed by atoms with Crippen LogP contribution in [0, 0.1) is 11.8 Å². The Morgan fingerprint density at radius 3 is 1.32 bits per heavy atom. The summed E-state index contributed by atoms with van der Waals surface area (Å²) in [5, 5.41) is 0. The molecule has 1 saturated carbocycles. The van der Waals surface area contributed by atoms with Crippen molar-refractivity contribution < 1.29 is 23.9 Å². The molecule has 0 saturated heterocycles.